The predicted molar refractivity (Wildman–Crippen MR) is 118 cm³/mol. The quantitative estimate of drug-likeness (QED) is 0.548. The Morgan fingerprint density at radius 2 is 1.80 bits per heavy atom. The first-order chi connectivity index (χ1) is 14.5. The van der Waals surface area contributed by atoms with E-state index in [1.165, 1.54) is 11.6 Å². The zero-order chi connectivity index (χ0) is 21.5. The monoisotopic (exact) mass is 408 g/mol. The Kier molecular flexibility index (Phi) is 7.25. The molecule has 0 radical (unpaired) electrons. The Balaban J connectivity index is 1.58. The van der Waals surface area contributed by atoms with E-state index in [1.54, 1.807) is 12.1 Å². The third-order valence-corrected chi connectivity index (χ3v) is 5.18. The maximum atomic E-state index is 12.3. The molecule has 3 aromatic rings. The van der Waals surface area contributed by atoms with Gasteiger partial charge >= 0.3 is 5.63 Å². The molecule has 2 aromatic carbocycles. The molecule has 30 heavy (non-hydrogen) atoms. The van der Waals surface area contributed by atoms with E-state index in [1.807, 2.05) is 31.2 Å². The molecule has 3 rings (SSSR count). The summed E-state index contributed by atoms with van der Waals surface area (Å²) in [4.78, 5) is 26.2. The zero-order valence-electron chi connectivity index (χ0n) is 17.7. The van der Waals surface area contributed by atoms with Crippen LogP contribution in [0.15, 0.2) is 57.7 Å². The molecule has 1 heterocycles. The van der Waals surface area contributed by atoms with Crippen LogP contribution in [0.4, 0.5) is 0 Å². The average molecular weight is 408 g/mol. The third-order valence-electron chi connectivity index (χ3n) is 5.18. The predicted octanol–water partition coefficient (Wildman–Crippen LogP) is 3.64. The van der Waals surface area contributed by atoms with Gasteiger partial charge in [-0.05, 0) is 48.8 Å². The van der Waals surface area contributed by atoms with Crippen LogP contribution in [0, 0.1) is 6.92 Å². The molecule has 0 aliphatic heterocycles. The van der Waals surface area contributed by atoms with Crippen LogP contribution in [-0.4, -0.2) is 30.5 Å². The molecule has 0 bridgehead atoms. The van der Waals surface area contributed by atoms with Crippen LogP contribution in [0.3, 0.4) is 0 Å². The van der Waals surface area contributed by atoms with Crippen LogP contribution in [0.2, 0.25) is 0 Å². The largest absolute Gasteiger partial charge is 0.484 e. The van der Waals surface area contributed by atoms with Gasteiger partial charge in [-0.1, -0.05) is 38.1 Å². The lowest BCUT2D eigenvalue weighted by Crippen LogP contribution is -2.29. The van der Waals surface area contributed by atoms with Gasteiger partial charge in [0.1, 0.15) is 11.3 Å². The summed E-state index contributed by atoms with van der Waals surface area (Å²) in [5.41, 5.74) is 3.19. The Morgan fingerprint density at radius 3 is 2.53 bits per heavy atom. The fourth-order valence-electron chi connectivity index (χ4n) is 3.36. The SMILES string of the molecule is CCN(CC)Cc1ccccc1CNC(=O)COc1ccc2c(C)cc(=O)oc2c1. The molecule has 0 saturated carbocycles. The molecule has 0 aliphatic rings. The van der Waals surface area contributed by atoms with E-state index in [0.29, 0.717) is 17.9 Å². The van der Waals surface area contributed by atoms with Crippen LogP contribution in [0.1, 0.15) is 30.5 Å². The maximum Gasteiger partial charge on any atom is 0.336 e. The van der Waals surface area contributed by atoms with E-state index >= 15 is 0 Å². The van der Waals surface area contributed by atoms with Gasteiger partial charge in [-0.15, -0.1) is 0 Å². The number of carbonyl (C=O) groups is 1. The van der Waals surface area contributed by atoms with Crippen molar-refractivity contribution in [3.05, 3.63) is 75.6 Å². The van der Waals surface area contributed by atoms with Gasteiger partial charge < -0.3 is 14.5 Å². The molecule has 158 valence electrons. The highest BCUT2D eigenvalue weighted by Gasteiger charge is 2.09. The minimum atomic E-state index is -0.404. The van der Waals surface area contributed by atoms with Crippen molar-refractivity contribution < 1.29 is 13.9 Å². The molecule has 1 aromatic heterocycles. The second-order valence-corrected chi connectivity index (χ2v) is 7.20. The summed E-state index contributed by atoms with van der Waals surface area (Å²) in [5, 5.41) is 3.76. The van der Waals surface area contributed by atoms with Gasteiger partial charge in [-0.2, -0.15) is 0 Å². The Morgan fingerprint density at radius 1 is 1.07 bits per heavy atom. The number of hydrogen-bond donors (Lipinski definition) is 1. The number of ether oxygens (including phenoxy) is 1. The maximum absolute atomic E-state index is 12.3. The van der Waals surface area contributed by atoms with E-state index in [-0.39, 0.29) is 12.5 Å². The molecule has 1 amide bonds. The summed E-state index contributed by atoms with van der Waals surface area (Å²) in [6, 6.07) is 14.8. The second kappa shape index (κ2) is 10.1. The summed E-state index contributed by atoms with van der Waals surface area (Å²) < 4.78 is 10.8. The minimum absolute atomic E-state index is 0.111. The van der Waals surface area contributed by atoms with Crippen molar-refractivity contribution in [2.75, 3.05) is 19.7 Å². The molecule has 0 spiro atoms. The molecule has 6 nitrogen and oxygen atoms in total. The normalized spacial score (nSPS) is 11.1. The van der Waals surface area contributed by atoms with E-state index in [0.717, 1.165) is 36.1 Å². The molecule has 6 heteroatoms. The highest BCUT2D eigenvalue weighted by molar-refractivity contribution is 5.81. The van der Waals surface area contributed by atoms with Crippen molar-refractivity contribution in [2.45, 2.75) is 33.9 Å². The van der Waals surface area contributed by atoms with Gasteiger partial charge in [0.2, 0.25) is 0 Å². The van der Waals surface area contributed by atoms with Gasteiger partial charge in [0.05, 0.1) is 0 Å². The van der Waals surface area contributed by atoms with Crippen LogP contribution >= 0.6 is 0 Å². The number of aryl methyl sites for hydroxylation is 1. The topological polar surface area (TPSA) is 71.8 Å². The van der Waals surface area contributed by atoms with Crippen molar-refractivity contribution in [1.29, 1.82) is 0 Å². The summed E-state index contributed by atoms with van der Waals surface area (Å²) in [5.74, 6) is 0.270. The van der Waals surface area contributed by atoms with E-state index < -0.39 is 5.63 Å². The van der Waals surface area contributed by atoms with Crippen molar-refractivity contribution >= 4 is 16.9 Å². The summed E-state index contributed by atoms with van der Waals surface area (Å²) in [6.45, 7) is 9.30. The third kappa shape index (κ3) is 5.48. The van der Waals surface area contributed by atoms with Crippen molar-refractivity contribution in [2.24, 2.45) is 0 Å². The van der Waals surface area contributed by atoms with Gasteiger partial charge in [0.15, 0.2) is 6.61 Å². The molecule has 0 aliphatic carbocycles. The number of carbonyl (C=O) groups excluding carboxylic acids is 1. The number of nitrogens with one attached hydrogen (secondary N) is 1. The smallest absolute Gasteiger partial charge is 0.336 e. The van der Waals surface area contributed by atoms with Crippen molar-refractivity contribution in [1.82, 2.24) is 10.2 Å². The summed E-state index contributed by atoms with van der Waals surface area (Å²) >= 11 is 0. The first-order valence-electron chi connectivity index (χ1n) is 10.2. The number of amides is 1. The van der Waals surface area contributed by atoms with E-state index in [4.69, 9.17) is 9.15 Å². The fourth-order valence-corrected chi connectivity index (χ4v) is 3.36. The van der Waals surface area contributed by atoms with Crippen LogP contribution in [0.5, 0.6) is 5.75 Å². The Hall–Kier alpha value is -3.12. The first kappa shape index (κ1) is 21.6. The molecular formula is C24H28N2O4. The van der Waals surface area contributed by atoms with Gasteiger partial charge in [0.25, 0.3) is 5.91 Å². The van der Waals surface area contributed by atoms with Crippen molar-refractivity contribution in [3.8, 4) is 5.75 Å². The van der Waals surface area contributed by atoms with E-state index in [2.05, 4.69) is 30.1 Å². The lowest BCUT2D eigenvalue weighted by Gasteiger charge is -2.20. The highest BCUT2D eigenvalue weighted by atomic mass is 16.5. The number of fused-ring (bicyclic) bond motifs is 1. The minimum Gasteiger partial charge on any atom is -0.484 e. The van der Waals surface area contributed by atoms with Gasteiger partial charge in [-0.25, -0.2) is 4.79 Å². The standard InChI is InChI=1S/C24H28N2O4/c1-4-26(5-2)15-19-9-7-6-8-18(19)14-25-23(27)16-29-20-10-11-21-17(3)12-24(28)30-22(21)13-20/h6-13H,4-5,14-16H2,1-3H3,(H,25,27). The number of benzene rings is 2. The number of nitrogens with zero attached hydrogens (tertiary/aromatic N) is 1. The summed E-state index contributed by atoms with van der Waals surface area (Å²) in [7, 11) is 0. The molecule has 0 fully saturated rings. The highest BCUT2D eigenvalue weighted by Crippen LogP contribution is 2.22. The van der Waals surface area contributed by atoms with Crippen LogP contribution in [0.25, 0.3) is 11.0 Å². The lowest BCUT2D eigenvalue weighted by atomic mass is 10.1. The van der Waals surface area contributed by atoms with Crippen LogP contribution < -0.4 is 15.7 Å². The van der Waals surface area contributed by atoms with Crippen molar-refractivity contribution in [3.63, 3.8) is 0 Å². The van der Waals surface area contributed by atoms with Crippen LogP contribution in [-0.2, 0) is 17.9 Å². The molecule has 0 atom stereocenters. The Labute approximate surface area is 176 Å². The molecule has 0 unspecified atom stereocenters. The second-order valence-electron chi connectivity index (χ2n) is 7.20. The molecule has 1 N–H and O–H groups in total. The number of rotatable bonds is 9. The fraction of sp³-hybridized carbons (Fsp3) is 0.333. The van der Waals surface area contributed by atoms with Gasteiger partial charge in [0, 0.05) is 30.6 Å². The zero-order valence-corrected chi connectivity index (χ0v) is 17.7. The summed E-state index contributed by atoms with van der Waals surface area (Å²) in [6.07, 6.45) is 0. The Bertz CT molecular complexity index is 1070. The number of hydrogen-bond acceptors (Lipinski definition) is 5. The lowest BCUT2D eigenvalue weighted by molar-refractivity contribution is -0.123. The molecule has 0 saturated heterocycles. The first-order valence-corrected chi connectivity index (χ1v) is 10.2. The van der Waals surface area contributed by atoms with Gasteiger partial charge in [-0.3, -0.25) is 9.69 Å². The molecular weight excluding hydrogens is 380 g/mol. The van der Waals surface area contributed by atoms with E-state index in [9.17, 15) is 9.59 Å². The average Bonchev–Trinajstić information content (AvgIpc) is 2.74.